The minimum atomic E-state index is -4.59. The number of carbonyl (C=O) groups excluding carboxylic acids is 2. The van der Waals surface area contributed by atoms with Crippen molar-refractivity contribution >= 4 is 21.8 Å². The van der Waals surface area contributed by atoms with Gasteiger partial charge in [-0.1, -0.05) is 31.5 Å². The number of alkyl halides is 3. The fourth-order valence-corrected chi connectivity index (χ4v) is 4.19. The van der Waals surface area contributed by atoms with Crippen LogP contribution in [0.2, 0.25) is 0 Å². The highest BCUT2D eigenvalue weighted by Crippen LogP contribution is 2.30. The molecule has 0 aliphatic rings. The zero-order valence-electron chi connectivity index (χ0n) is 16.0. The minimum absolute atomic E-state index is 0.0418. The van der Waals surface area contributed by atoms with Crippen LogP contribution in [0.25, 0.3) is 0 Å². The Hall–Kier alpha value is -1.94. The van der Waals surface area contributed by atoms with Gasteiger partial charge < -0.3 is 0 Å². The van der Waals surface area contributed by atoms with Crippen LogP contribution < -0.4 is 5.32 Å². The first kappa shape index (κ1) is 24.1. The number of nitrogens with one attached hydrogen (secondary N) is 1. The van der Waals surface area contributed by atoms with Gasteiger partial charge >= 0.3 is 6.18 Å². The van der Waals surface area contributed by atoms with Gasteiger partial charge in [-0.15, -0.1) is 0 Å². The fourth-order valence-electron chi connectivity index (χ4n) is 2.47. The van der Waals surface area contributed by atoms with Crippen LogP contribution in [-0.2, 0) is 31.5 Å². The van der Waals surface area contributed by atoms with E-state index in [1.54, 1.807) is 0 Å². The number of benzene rings is 1. The first-order valence-corrected chi connectivity index (χ1v) is 10.5. The van der Waals surface area contributed by atoms with Gasteiger partial charge in [-0.25, -0.2) is 8.42 Å². The van der Waals surface area contributed by atoms with Gasteiger partial charge in [0.15, 0.2) is 0 Å². The van der Waals surface area contributed by atoms with Crippen LogP contribution in [0.4, 0.5) is 13.2 Å². The quantitative estimate of drug-likeness (QED) is 0.663. The van der Waals surface area contributed by atoms with Gasteiger partial charge in [-0.2, -0.15) is 17.5 Å². The Kier molecular flexibility index (Phi) is 8.62. The number of halogens is 3. The molecule has 0 saturated heterocycles. The van der Waals surface area contributed by atoms with Crippen LogP contribution in [0.3, 0.4) is 0 Å². The van der Waals surface area contributed by atoms with E-state index in [-0.39, 0.29) is 12.0 Å². The van der Waals surface area contributed by atoms with Gasteiger partial charge in [0.1, 0.15) is 0 Å². The summed E-state index contributed by atoms with van der Waals surface area (Å²) in [6.45, 7) is 4.37. The van der Waals surface area contributed by atoms with Gasteiger partial charge in [0.2, 0.25) is 21.8 Å². The molecule has 6 nitrogen and oxygen atoms in total. The van der Waals surface area contributed by atoms with Gasteiger partial charge in [-0.05, 0) is 31.9 Å². The molecule has 1 rings (SSSR count). The maximum absolute atomic E-state index is 12.8. The van der Waals surface area contributed by atoms with E-state index in [2.05, 4.69) is 5.32 Å². The Morgan fingerprint density at radius 2 is 1.82 bits per heavy atom. The van der Waals surface area contributed by atoms with Gasteiger partial charge in [-0.3, -0.25) is 14.9 Å². The van der Waals surface area contributed by atoms with E-state index in [4.69, 9.17) is 0 Å². The minimum Gasteiger partial charge on any atom is -0.295 e. The average Bonchev–Trinajstić information content (AvgIpc) is 2.56. The standard InChI is InChI=1S/C18H25F3N2O4S/c1-4-5-9-16(24)22-17(25)11-23(13(2)3)28(26,27)12-14-7-6-8-15(10-14)18(19,20)21/h6-8,10,13H,4-5,9,11-12H2,1-3H3,(H,22,24,25). The molecule has 0 atom stereocenters. The van der Waals surface area contributed by atoms with Crippen molar-refractivity contribution in [2.24, 2.45) is 0 Å². The summed E-state index contributed by atoms with van der Waals surface area (Å²) in [4.78, 5) is 23.7. The average molecular weight is 422 g/mol. The number of carbonyl (C=O) groups is 2. The summed E-state index contributed by atoms with van der Waals surface area (Å²) in [7, 11) is -4.09. The van der Waals surface area contributed by atoms with E-state index in [1.165, 1.54) is 19.9 Å². The molecule has 158 valence electrons. The SMILES string of the molecule is CCCCC(=O)NC(=O)CN(C(C)C)S(=O)(=O)Cc1cccc(C(F)(F)F)c1. The van der Waals surface area contributed by atoms with Crippen LogP contribution in [0.15, 0.2) is 24.3 Å². The highest BCUT2D eigenvalue weighted by molar-refractivity contribution is 7.88. The molecule has 0 bridgehead atoms. The lowest BCUT2D eigenvalue weighted by Gasteiger charge is -2.25. The maximum atomic E-state index is 12.8. The Morgan fingerprint density at radius 3 is 2.36 bits per heavy atom. The van der Waals surface area contributed by atoms with Crippen LogP contribution in [0, 0.1) is 0 Å². The summed E-state index contributed by atoms with van der Waals surface area (Å²) in [6, 6.07) is 3.41. The smallest absolute Gasteiger partial charge is 0.295 e. The molecule has 0 aliphatic carbocycles. The summed E-state index contributed by atoms with van der Waals surface area (Å²) in [5.41, 5.74) is -0.990. The Morgan fingerprint density at radius 1 is 1.18 bits per heavy atom. The molecule has 0 heterocycles. The molecule has 0 spiro atoms. The van der Waals surface area contributed by atoms with Crippen molar-refractivity contribution in [3.8, 4) is 0 Å². The third-order valence-electron chi connectivity index (χ3n) is 3.87. The van der Waals surface area contributed by atoms with Crippen LogP contribution in [0.5, 0.6) is 0 Å². The fraction of sp³-hybridized carbons (Fsp3) is 0.556. The third-order valence-corrected chi connectivity index (χ3v) is 5.84. The summed E-state index contributed by atoms with van der Waals surface area (Å²) in [5, 5.41) is 2.13. The largest absolute Gasteiger partial charge is 0.416 e. The number of sulfonamides is 1. The summed E-state index contributed by atoms with van der Waals surface area (Å²) in [5.74, 6) is -1.96. The molecule has 0 aliphatic heterocycles. The second-order valence-corrected chi connectivity index (χ2v) is 8.59. The molecule has 0 fully saturated rings. The Balaban J connectivity index is 2.92. The highest BCUT2D eigenvalue weighted by atomic mass is 32.2. The van der Waals surface area contributed by atoms with E-state index in [0.29, 0.717) is 6.42 Å². The molecule has 0 unspecified atom stereocenters. The third kappa shape index (κ3) is 7.59. The topological polar surface area (TPSA) is 83.6 Å². The number of hydrogen-bond donors (Lipinski definition) is 1. The van der Waals surface area contributed by atoms with E-state index in [0.717, 1.165) is 28.9 Å². The molecular weight excluding hydrogens is 397 g/mol. The van der Waals surface area contributed by atoms with Crippen LogP contribution in [0.1, 0.15) is 51.2 Å². The molecule has 10 heteroatoms. The molecule has 28 heavy (non-hydrogen) atoms. The lowest BCUT2D eigenvalue weighted by Crippen LogP contribution is -2.46. The highest BCUT2D eigenvalue weighted by Gasteiger charge is 2.32. The van der Waals surface area contributed by atoms with Gasteiger partial charge in [0, 0.05) is 12.5 Å². The Bertz CT molecular complexity index is 792. The number of hydrogen-bond acceptors (Lipinski definition) is 4. The van der Waals surface area contributed by atoms with E-state index in [1.807, 2.05) is 6.92 Å². The van der Waals surface area contributed by atoms with E-state index in [9.17, 15) is 31.2 Å². The molecule has 1 aromatic rings. The lowest BCUT2D eigenvalue weighted by atomic mass is 10.1. The number of unbranched alkanes of at least 4 members (excludes halogenated alkanes) is 1. The van der Waals surface area contributed by atoms with Crippen molar-refractivity contribution in [2.75, 3.05) is 6.54 Å². The number of nitrogens with zero attached hydrogens (tertiary/aromatic N) is 1. The molecule has 2 amide bonds. The van der Waals surface area contributed by atoms with Crippen molar-refractivity contribution in [2.45, 2.75) is 58.0 Å². The number of amides is 2. The first-order valence-electron chi connectivity index (χ1n) is 8.85. The molecule has 1 N–H and O–H groups in total. The summed E-state index contributed by atoms with van der Waals surface area (Å²) in [6.07, 6.45) is -3.07. The van der Waals surface area contributed by atoms with E-state index < -0.39 is 51.9 Å². The van der Waals surface area contributed by atoms with Gasteiger partial charge in [0.05, 0.1) is 17.9 Å². The predicted molar refractivity (Wildman–Crippen MR) is 98.6 cm³/mol. The van der Waals surface area contributed by atoms with E-state index >= 15 is 0 Å². The zero-order valence-corrected chi connectivity index (χ0v) is 16.9. The number of imide groups is 1. The second-order valence-electron chi connectivity index (χ2n) is 6.67. The molecule has 0 aromatic heterocycles. The molecular formula is C18H25F3N2O4S. The van der Waals surface area contributed by atoms with Gasteiger partial charge in [0.25, 0.3) is 0 Å². The summed E-state index contributed by atoms with van der Waals surface area (Å²) >= 11 is 0. The summed E-state index contributed by atoms with van der Waals surface area (Å²) < 4.78 is 64.7. The molecule has 1 aromatic carbocycles. The predicted octanol–water partition coefficient (Wildman–Crippen LogP) is 3.08. The maximum Gasteiger partial charge on any atom is 0.416 e. The lowest BCUT2D eigenvalue weighted by molar-refractivity contribution is -0.137. The second kappa shape index (κ2) is 10.0. The van der Waals surface area contributed by atoms with Crippen LogP contribution >= 0.6 is 0 Å². The Labute approximate surface area is 163 Å². The van der Waals surface area contributed by atoms with Crippen molar-refractivity contribution in [1.29, 1.82) is 0 Å². The van der Waals surface area contributed by atoms with Crippen molar-refractivity contribution in [3.63, 3.8) is 0 Å². The molecule has 0 saturated carbocycles. The normalized spacial score (nSPS) is 12.4. The first-order chi connectivity index (χ1) is 12.9. The number of rotatable bonds is 9. The van der Waals surface area contributed by atoms with Crippen LogP contribution in [-0.4, -0.2) is 37.1 Å². The van der Waals surface area contributed by atoms with Crippen molar-refractivity contribution in [1.82, 2.24) is 9.62 Å². The molecule has 0 radical (unpaired) electrons. The van der Waals surface area contributed by atoms with Crippen molar-refractivity contribution < 1.29 is 31.2 Å². The van der Waals surface area contributed by atoms with Crippen molar-refractivity contribution in [3.05, 3.63) is 35.4 Å². The zero-order chi connectivity index (χ0) is 21.5. The monoisotopic (exact) mass is 422 g/mol.